The Bertz CT molecular complexity index is 775. The van der Waals surface area contributed by atoms with E-state index >= 15 is 0 Å². The van der Waals surface area contributed by atoms with Crippen molar-refractivity contribution in [3.05, 3.63) is 35.4 Å². The van der Waals surface area contributed by atoms with Crippen LogP contribution < -0.4 is 0 Å². The molecule has 1 aromatic rings. The van der Waals surface area contributed by atoms with Gasteiger partial charge in [0.25, 0.3) is 5.91 Å². The van der Waals surface area contributed by atoms with E-state index in [4.69, 9.17) is 0 Å². The van der Waals surface area contributed by atoms with Crippen LogP contribution in [0.1, 0.15) is 57.1 Å². The van der Waals surface area contributed by atoms with Gasteiger partial charge in [-0.05, 0) is 81.3 Å². The molecule has 0 spiro atoms. The van der Waals surface area contributed by atoms with E-state index in [1.165, 1.54) is 44.2 Å². The summed E-state index contributed by atoms with van der Waals surface area (Å²) in [6, 6.07) is 5.74. The fraction of sp³-hybridized carbons (Fsp3) is 0.682. The Hall–Kier alpha value is -1.56. The van der Waals surface area contributed by atoms with Crippen LogP contribution in [-0.2, 0) is 17.5 Å². The maximum atomic E-state index is 13.1. The summed E-state index contributed by atoms with van der Waals surface area (Å²) in [5, 5.41) is 3.96. The van der Waals surface area contributed by atoms with Gasteiger partial charge in [0.15, 0.2) is 0 Å². The van der Waals surface area contributed by atoms with Crippen molar-refractivity contribution in [3.63, 3.8) is 0 Å². The van der Waals surface area contributed by atoms with Crippen LogP contribution in [0.15, 0.2) is 24.3 Å². The molecule has 0 aromatic heterocycles. The molecule has 1 aromatic carbocycles. The number of alkyl halides is 3. The molecule has 4 bridgehead atoms. The van der Waals surface area contributed by atoms with Gasteiger partial charge in [0.1, 0.15) is 5.54 Å². The van der Waals surface area contributed by atoms with Gasteiger partial charge in [-0.15, -0.1) is 0 Å². The smallest absolute Gasteiger partial charge is 0.271 e. The summed E-state index contributed by atoms with van der Waals surface area (Å²) < 4.78 is 39.3. The average Bonchev–Trinajstić information content (AvgIpc) is 2.62. The van der Waals surface area contributed by atoms with Crippen molar-refractivity contribution >= 4 is 5.91 Å². The second kappa shape index (κ2) is 5.97. The quantitative estimate of drug-likeness (QED) is 0.733. The maximum Gasteiger partial charge on any atom is 0.416 e. The Morgan fingerprint density at radius 1 is 1.04 bits per heavy atom. The SMILES string of the molecule is CC1(C)C(=O)N(C2C3CC4CC(C3)CC2C4)N1Cc1cccc(C(F)(F)F)c1. The lowest BCUT2D eigenvalue weighted by Gasteiger charge is -2.65. The number of hydrazine groups is 1. The minimum absolute atomic E-state index is 0.122. The predicted molar refractivity (Wildman–Crippen MR) is 98.7 cm³/mol. The number of rotatable bonds is 3. The third kappa shape index (κ3) is 2.71. The molecule has 1 amide bonds. The molecule has 6 heteroatoms. The normalized spacial score (nSPS) is 36.7. The van der Waals surface area contributed by atoms with E-state index in [0.717, 1.165) is 17.9 Å². The summed E-state index contributed by atoms with van der Waals surface area (Å²) in [6.07, 6.45) is 1.83. The number of amides is 1. The maximum absolute atomic E-state index is 13.1. The highest BCUT2D eigenvalue weighted by atomic mass is 19.4. The zero-order valence-electron chi connectivity index (χ0n) is 16.4. The third-order valence-corrected chi connectivity index (χ3v) is 7.68. The lowest BCUT2D eigenvalue weighted by molar-refractivity contribution is -0.251. The standard InChI is InChI=1S/C22H27F3N2O/c1-21(2)20(28)27(19-16-7-14-6-15(9-16)10-17(19)8-14)26(21)12-13-4-3-5-18(11-13)22(23,24)25/h3-5,11,14-17,19H,6-10,12H2,1-2H3. The van der Waals surface area contributed by atoms with Gasteiger partial charge in [0, 0.05) is 6.54 Å². The largest absolute Gasteiger partial charge is 0.416 e. The zero-order valence-corrected chi connectivity index (χ0v) is 16.4. The molecule has 0 atom stereocenters. The van der Waals surface area contributed by atoms with Crippen LogP contribution in [0, 0.1) is 23.7 Å². The van der Waals surface area contributed by atoms with Crippen LogP contribution >= 0.6 is 0 Å². The van der Waals surface area contributed by atoms with Gasteiger partial charge >= 0.3 is 6.18 Å². The van der Waals surface area contributed by atoms with Gasteiger partial charge in [0.05, 0.1) is 11.6 Å². The van der Waals surface area contributed by atoms with Crippen LogP contribution in [0.4, 0.5) is 13.2 Å². The third-order valence-electron chi connectivity index (χ3n) is 7.68. The molecule has 1 heterocycles. The van der Waals surface area contributed by atoms with E-state index in [0.29, 0.717) is 23.9 Å². The molecule has 6 rings (SSSR count). The minimum atomic E-state index is -4.35. The number of hydrogen-bond donors (Lipinski definition) is 0. The molecular weight excluding hydrogens is 365 g/mol. The molecule has 3 nitrogen and oxygen atoms in total. The summed E-state index contributed by atoms with van der Waals surface area (Å²) in [5.41, 5.74) is -0.692. The second-order valence-corrected chi connectivity index (χ2v) is 9.89. The van der Waals surface area contributed by atoms with Crippen molar-refractivity contribution in [1.29, 1.82) is 0 Å². The Labute approximate surface area is 163 Å². The molecule has 5 aliphatic rings. The summed E-state index contributed by atoms with van der Waals surface area (Å²) in [6.45, 7) is 4.11. The Balaban J connectivity index is 1.41. The molecule has 152 valence electrons. The van der Waals surface area contributed by atoms with Gasteiger partial charge < -0.3 is 0 Å². The molecule has 0 radical (unpaired) electrons. The monoisotopic (exact) mass is 392 g/mol. The average molecular weight is 392 g/mol. The van der Waals surface area contributed by atoms with Crippen molar-refractivity contribution in [2.24, 2.45) is 23.7 Å². The van der Waals surface area contributed by atoms with Crippen molar-refractivity contribution < 1.29 is 18.0 Å². The van der Waals surface area contributed by atoms with Crippen molar-refractivity contribution in [1.82, 2.24) is 10.0 Å². The van der Waals surface area contributed by atoms with E-state index in [2.05, 4.69) is 0 Å². The zero-order chi connectivity index (χ0) is 19.8. The van der Waals surface area contributed by atoms with E-state index in [1.807, 2.05) is 23.9 Å². The molecule has 0 unspecified atom stereocenters. The summed E-state index contributed by atoms with van der Waals surface area (Å²) >= 11 is 0. The number of nitrogens with zero attached hydrogens (tertiary/aromatic N) is 2. The van der Waals surface area contributed by atoms with Gasteiger partial charge in [-0.25, -0.2) is 0 Å². The highest BCUT2D eigenvalue weighted by Crippen LogP contribution is 2.57. The number of carbonyl (C=O) groups excluding carboxylic acids is 1. The van der Waals surface area contributed by atoms with Crippen LogP contribution in [0.2, 0.25) is 0 Å². The Morgan fingerprint density at radius 3 is 2.21 bits per heavy atom. The summed E-state index contributed by atoms with van der Waals surface area (Å²) in [7, 11) is 0. The fourth-order valence-corrected chi connectivity index (χ4v) is 6.61. The van der Waals surface area contributed by atoms with Crippen molar-refractivity contribution in [2.75, 3.05) is 0 Å². The van der Waals surface area contributed by atoms with Gasteiger partial charge in [-0.1, -0.05) is 18.2 Å². The number of benzene rings is 1. The molecule has 4 saturated carbocycles. The number of hydrogen-bond acceptors (Lipinski definition) is 2. The van der Waals surface area contributed by atoms with E-state index in [9.17, 15) is 18.0 Å². The molecule has 4 aliphatic carbocycles. The number of carbonyl (C=O) groups is 1. The molecule has 0 N–H and O–H groups in total. The fourth-order valence-electron chi connectivity index (χ4n) is 6.61. The van der Waals surface area contributed by atoms with E-state index < -0.39 is 17.3 Å². The predicted octanol–water partition coefficient (Wildman–Crippen LogP) is 4.87. The van der Waals surface area contributed by atoms with Gasteiger partial charge in [0.2, 0.25) is 0 Å². The second-order valence-electron chi connectivity index (χ2n) is 9.89. The lowest BCUT2D eigenvalue weighted by Crippen LogP contribution is -2.79. The topological polar surface area (TPSA) is 23.6 Å². The first-order chi connectivity index (χ1) is 13.1. The molecule has 1 saturated heterocycles. The van der Waals surface area contributed by atoms with Gasteiger partial charge in [-0.3, -0.25) is 9.80 Å². The Morgan fingerprint density at radius 2 is 1.64 bits per heavy atom. The lowest BCUT2D eigenvalue weighted by atomic mass is 9.53. The minimum Gasteiger partial charge on any atom is -0.271 e. The molecule has 1 aliphatic heterocycles. The van der Waals surface area contributed by atoms with Gasteiger partial charge in [-0.2, -0.15) is 18.2 Å². The summed E-state index contributed by atoms with van der Waals surface area (Å²) in [4.78, 5) is 13.0. The van der Waals surface area contributed by atoms with Crippen molar-refractivity contribution in [2.45, 2.75) is 70.3 Å². The van der Waals surface area contributed by atoms with Crippen LogP contribution in [0.3, 0.4) is 0 Å². The van der Waals surface area contributed by atoms with Crippen LogP contribution in [0.5, 0.6) is 0 Å². The molecule has 5 fully saturated rings. The first-order valence-corrected chi connectivity index (χ1v) is 10.4. The first kappa shape index (κ1) is 18.5. The first-order valence-electron chi connectivity index (χ1n) is 10.4. The Kier molecular flexibility index (Phi) is 3.94. The van der Waals surface area contributed by atoms with E-state index in [1.54, 1.807) is 6.07 Å². The molecular formula is C22H27F3N2O. The van der Waals surface area contributed by atoms with Crippen LogP contribution in [0.25, 0.3) is 0 Å². The van der Waals surface area contributed by atoms with E-state index in [-0.39, 0.29) is 11.9 Å². The van der Waals surface area contributed by atoms with Crippen molar-refractivity contribution in [3.8, 4) is 0 Å². The highest BCUT2D eigenvalue weighted by Gasteiger charge is 2.60. The number of halogens is 3. The molecule has 28 heavy (non-hydrogen) atoms. The summed E-state index contributed by atoms with van der Waals surface area (Å²) in [5.74, 6) is 2.87. The highest BCUT2D eigenvalue weighted by molar-refractivity contribution is 5.90. The van der Waals surface area contributed by atoms with Crippen LogP contribution in [-0.4, -0.2) is 27.5 Å².